The van der Waals surface area contributed by atoms with E-state index in [0.717, 1.165) is 24.9 Å². The van der Waals surface area contributed by atoms with Crippen LogP contribution in [0.1, 0.15) is 6.42 Å². The van der Waals surface area contributed by atoms with E-state index in [2.05, 4.69) is 10.4 Å². The van der Waals surface area contributed by atoms with Gasteiger partial charge in [0.1, 0.15) is 0 Å². The lowest BCUT2D eigenvalue weighted by atomic mass is 10.4. The van der Waals surface area contributed by atoms with Gasteiger partial charge >= 0.3 is 0 Å². The predicted octanol–water partition coefficient (Wildman–Crippen LogP) is -0.837. The molecule has 0 aromatic rings. The maximum atomic E-state index is 5.61. The average Bonchev–Trinajstić information content (AvgIpc) is 2.57. The SMILES string of the molecule is CNN(N)N1CC2CC2C1. The number of rotatable bonds is 2. The Morgan fingerprint density at radius 2 is 2.10 bits per heavy atom. The third kappa shape index (κ3) is 0.932. The summed E-state index contributed by atoms with van der Waals surface area (Å²) in [5.74, 6) is 7.50. The van der Waals surface area contributed by atoms with Crippen LogP contribution in [0, 0.1) is 11.8 Å². The molecule has 4 heteroatoms. The highest BCUT2D eigenvalue weighted by molar-refractivity contribution is 4.95. The Morgan fingerprint density at radius 3 is 2.60 bits per heavy atom. The number of nitrogens with zero attached hydrogens (tertiary/aromatic N) is 2. The van der Waals surface area contributed by atoms with Crippen LogP contribution in [0.3, 0.4) is 0 Å². The molecule has 2 rings (SSSR count). The first-order chi connectivity index (χ1) is 4.81. The number of hydrazine groups is 3. The van der Waals surface area contributed by atoms with Crippen molar-refractivity contribution in [2.45, 2.75) is 6.42 Å². The molecule has 3 N–H and O–H groups in total. The summed E-state index contributed by atoms with van der Waals surface area (Å²) in [4.78, 5) is 0. The largest absolute Gasteiger partial charge is 0.240 e. The second-order valence-electron chi connectivity index (χ2n) is 3.20. The Hall–Kier alpha value is -0.160. The lowest BCUT2D eigenvalue weighted by molar-refractivity contribution is -0.0550. The minimum Gasteiger partial charge on any atom is -0.240 e. The molecular weight excluding hydrogens is 128 g/mol. The molecule has 1 aliphatic carbocycles. The van der Waals surface area contributed by atoms with Crippen LogP contribution in [0.4, 0.5) is 0 Å². The van der Waals surface area contributed by atoms with Crippen LogP contribution < -0.4 is 11.3 Å². The van der Waals surface area contributed by atoms with E-state index in [1.807, 2.05) is 7.05 Å². The van der Waals surface area contributed by atoms with E-state index in [9.17, 15) is 0 Å². The fourth-order valence-electron chi connectivity index (χ4n) is 1.69. The molecule has 0 radical (unpaired) electrons. The van der Waals surface area contributed by atoms with Gasteiger partial charge in [0.15, 0.2) is 0 Å². The number of nitrogens with two attached hydrogens (primary N) is 1. The summed E-state index contributed by atoms with van der Waals surface area (Å²) in [6.07, 6.45) is 1.42. The van der Waals surface area contributed by atoms with Crippen molar-refractivity contribution >= 4 is 0 Å². The minimum absolute atomic E-state index is 0.944. The van der Waals surface area contributed by atoms with Gasteiger partial charge in [-0.15, -0.1) is 5.23 Å². The van der Waals surface area contributed by atoms with Gasteiger partial charge in [0, 0.05) is 20.1 Å². The molecule has 0 amide bonds. The number of nitrogens with one attached hydrogen (secondary N) is 1. The lowest BCUT2D eigenvalue weighted by Crippen LogP contribution is -2.53. The third-order valence-electron chi connectivity index (χ3n) is 2.49. The van der Waals surface area contributed by atoms with Crippen LogP contribution in [0.2, 0.25) is 0 Å². The van der Waals surface area contributed by atoms with E-state index >= 15 is 0 Å². The van der Waals surface area contributed by atoms with Gasteiger partial charge in [0.25, 0.3) is 0 Å². The fraction of sp³-hybridized carbons (Fsp3) is 1.00. The molecule has 1 saturated heterocycles. The summed E-state index contributed by atoms with van der Waals surface area (Å²) in [5.41, 5.74) is 2.88. The Labute approximate surface area is 60.9 Å². The molecule has 58 valence electrons. The zero-order valence-corrected chi connectivity index (χ0v) is 6.25. The lowest BCUT2D eigenvalue weighted by Gasteiger charge is -2.26. The predicted molar refractivity (Wildman–Crippen MR) is 38.3 cm³/mol. The van der Waals surface area contributed by atoms with Crippen molar-refractivity contribution in [2.24, 2.45) is 17.7 Å². The highest BCUT2D eigenvalue weighted by atomic mass is 15.9. The molecular formula is C6H14N4. The summed E-state index contributed by atoms with van der Waals surface area (Å²) >= 11 is 0. The number of piperidine rings is 1. The molecule has 2 atom stereocenters. The van der Waals surface area contributed by atoms with Gasteiger partial charge in [-0.05, 0) is 18.3 Å². The molecule has 0 spiro atoms. The van der Waals surface area contributed by atoms with Crippen molar-refractivity contribution in [1.29, 1.82) is 0 Å². The Bertz CT molecular complexity index is 128. The molecule has 1 saturated carbocycles. The fourth-order valence-corrected chi connectivity index (χ4v) is 1.69. The topological polar surface area (TPSA) is 44.5 Å². The van der Waals surface area contributed by atoms with Crippen LogP contribution in [-0.4, -0.2) is 30.4 Å². The van der Waals surface area contributed by atoms with Crippen molar-refractivity contribution in [3.63, 3.8) is 0 Å². The molecule has 2 fully saturated rings. The monoisotopic (exact) mass is 142 g/mol. The van der Waals surface area contributed by atoms with Crippen LogP contribution in [0.25, 0.3) is 0 Å². The normalized spacial score (nSPS) is 38.7. The first-order valence-electron chi connectivity index (χ1n) is 3.78. The maximum Gasteiger partial charge on any atom is 0.0192 e. The van der Waals surface area contributed by atoms with E-state index < -0.39 is 0 Å². The molecule has 10 heavy (non-hydrogen) atoms. The zero-order chi connectivity index (χ0) is 7.14. The maximum absolute atomic E-state index is 5.61. The summed E-state index contributed by atoms with van der Waals surface area (Å²) in [7, 11) is 1.84. The zero-order valence-electron chi connectivity index (χ0n) is 6.25. The Morgan fingerprint density at radius 1 is 1.50 bits per heavy atom. The standard InChI is InChI=1S/C6H14N4/c1-8-10(7)9-3-5-2-6(5)4-9/h5-6,8H,2-4,7H2,1H3. The molecule has 2 aliphatic rings. The molecule has 0 aromatic heterocycles. The average molecular weight is 142 g/mol. The summed E-state index contributed by atoms with van der Waals surface area (Å²) in [6, 6.07) is 0. The van der Waals surface area contributed by atoms with Gasteiger partial charge in [0.05, 0.1) is 0 Å². The molecule has 4 nitrogen and oxygen atoms in total. The van der Waals surface area contributed by atoms with Gasteiger partial charge in [-0.1, -0.05) is 0 Å². The van der Waals surface area contributed by atoms with E-state index in [1.54, 1.807) is 5.23 Å². The van der Waals surface area contributed by atoms with Crippen LogP contribution in [-0.2, 0) is 0 Å². The van der Waals surface area contributed by atoms with E-state index in [0.29, 0.717) is 0 Å². The second-order valence-corrected chi connectivity index (χ2v) is 3.20. The first kappa shape index (κ1) is 6.54. The molecule has 0 aromatic carbocycles. The van der Waals surface area contributed by atoms with Crippen molar-refractivity contribution in [2.75, 3.05) is 20.1 Å². The molecule has 2 unspecified atom stereocenters. The summed E-state index contributed by atoms with van der Waals surface area (Å²) in [5, 5.41) is 3.74. The van der Waals surface area contributed by atoms with Gasteiger partial charge in [0.2, 0.25) is 0 Å². The van der Waals surface area contributed by atoms with Gasteiger partial charge in [-0.2, -0.15) is 0 Å². The third-order valence-corrected chi connectivity index (χ3v) is 2.49. The van der Waals surface area contributed by atoms with Crippen molar-refractivity contribution in [1.82, 2.24) is 15.7 Å². The van der Waals surface area contributed by atoms with Crippen molar-refractivity contribution in [3.8, 4) is 0 Å². The molecule has 0 bridgehead atoms. The van der Waals surface area contributed by atoms with Crippen LogP contribution in [0.5, 0.6) is 0 Å². The number of hydrogen-bond donors (Lipinski definition) is 2. The number of fused-ring (bicyclic) bond motifs is 1. The van der Waals surface area contributed by atoms with Crippen LogP contribution in [0.15, 0.2) is 0 Å². The van der Waals surface area contributed by atoms with E-state index in [-0.39, 0.29) is 0 Å². The van der Waals surface area contributed by atoms with Crippen molar-refractivity contribution < 1.29 is 0 Å². The smallest absolute Gasteiger partial charge is 0.0192 e. The second kappa shape index (κ2) is 2.17. The van der Waals surface area contributed by atoms with Gasteiger partial charge in [-0.25, -0.2) is 16.3 Å². The molecule has 1 heterocycles. The quantitative estimate of drug-likeness (QED) is 0.390. The van der Waals surface area contributed by atoms with E-state index in [1.165, 1.54) is 6.42 Å². The van der Waals surface area contributed by atoms with Crippen molar-refractivity contribution in [3.05, 3.63) is 0 Å². The summed E-state index contributed by atoms with van der Waals surface area (Å²) in [6.45, 7) is 2.28. The van der Waals surface area contributed by atoms with E-state index in [4.69, 9.17) is 5.84 Å². The highest BCUT2D eigenvalue weighted by Crippen LogP contribution is 2.44. The Kier molecular flexibility index (Phi) is 1.42. The van der Waals surface area contributed by atoms with Crippen LogP contribution >= 0.6 is 0 Å². The number of hydrogen-bond acceptors (Lipinski definition) is 4. The van der Waals surface area contributed by atoms with Gasteiger partial charge in [-0.3, -0.25) is 0 Å². The summed E-state index contributed by atoms with van der Waals surface area (Å²) < 4.78 is 0. The minimum atomic E-state index is 0.944. The Balaban J connectivity index is 1.84. The first-order valence-corrected chi connectivity index (χ1v) is 3.78. The molecule has 1 aliphatic heterocycles. The highest BCUT2D eigenvalue weighted by Gasteiger charge is 2.46. The van der Waals surface area contributed by atoms with Gasteiger partial charge < -0.3 is 0 Å².